The molecule has 31 nitrogen and oxygen atoms in total. The monoisotopic (exact) mass is 1500 g/mol. The second-order valence-electron chi connectivity index (χ2n) is 25.3. The number of nitrogens with zero attached hydrogens (tertiary/aromatic N) is 8. The highest BCUT2D eigenvalue weighted by atomic mass is 32.2. The van der Waals surface area contributed by atoms with Crippen molar-refractivity contribution in [2.24, 2.45) is 11.7 Å². The number of aliphatic carboxylic acids is 1. The number of aromatic nitrogens is 3. The normalized spacial score (nSPS) is 18.7. The maximum atomic E-state index is 13.5. The smallest absolute Gasteiger partial charge is 0.425 e. The Morgan fingerprint density at radius 3 is 1.63 bits per heavy atom. The Labute approximate surface area is 584 Å². The highest BCUT2D eigenvalue weighted by Gasteiger charge is 2.47. The molecule has 0 saturated carbocycles. The Balaban J connectivity index is 0.00000108. The van der Waals surface area contributed by atoms with Crippen LogP contribution in [0.1, 0.15) is 122 Å². The second-order valence-corrected chi connectivity index (χ2v) is 30.8. The number of amides is 1. The van der Waals surface area contributed by atoms with E-state index in [-0.39, 0.29) is 46.7 Å². The number of allylic oxidation sites excluding steroid dienone is 6. The Bertz CT molecular complexity index is 4660. The van der Waals surface area contributed by atoms with Crippen molar-refractivity contribution in [3.8, 4) is 0 Å². The zero-order valence-electron chi connectivity index (χ0n) is 55.2. The predicted molar refractivity (Wildman–Crippen MR) is 368 cm³/mol. The number of anilines is 4. The third-order valence-corrected chi connectivity index (χ3v) is 20.9. The number of rotatable bonds is 22. The van der Waals surface area contributed by atoms with Gasteiger partial charge in [0.2, 0.25) is 29.4 Å². The van der Waals surface area contributed by atoms with Crippen LogP contribution in [0, 0.1) is 5.92 Å². The van der Waals surface area contributed by atoms with E-state index in [0.29, 0.717) is 117 Å². The number of carboxylic acid groups (broad SMARTS) is 1. The van der Waals surface area contributed by atoms with E-state index >= 15 is 0 Å². The van der Waals surface area contributed by atoms with Crippen LogP contribution >= 0.6 is 0 Å². The number of benzene rings is 4. The molecule has 0 radical (unpaired) electrons. The van der Waals surface area contributed by atoms with Crippen molar-refractivity contribution < 1.29 is 96.1 Å². The Morgan fingerprint density at radius 1 is 0.650 bits per heavy atom. The molecule has 1 aromatic heterocycles. The average Bonchev–Trinajstić information content (AvgIpc) is 1.56. The minimum atomic E-state index is -4.58. The van der Waals surface area contributed by atoms with E-state index in [1.165, 1.54) is 12.1 Å². The van der Waals surface area contributed by atoms with E-state index in [1.54, 1.807) is 30.3 Å². The number of carbonyl (C=O) groups excluding carboxylic acids is 1. The van der Waals surface area contributed by atoms with E-state index in [9.17, 15) is 53.6 Å². The van der Waals surface area contributed by atoms with Crippen LogP contribution in [0.25, 0.3) is 21.5 Å². The molecule has 3 fully saturated rings. The standard InChI is InChI=1S/C63H80N10O12S3.3O3S/c1-5-32-63(4)54(73(34-14-41-86(77,78)79)50-25-23-46-48(57(50)63)16-13-18-52(46)88(83,84)85)20-9-6-8-19-53-62(2,3)56-47-15-12-17-51(87(80,81)82)45(47)22-24-49(56)72(53)33-11-7-10-21-55(74)65-44-30-39-71(40-31-44)61-67-59(69-35-26-42(27-36-69)58(75)76)66-60(68-61)70-37-28-43(64)29-38-70;3*1-4(2)3/h6,8-9,12-13,15-20,22-25,42-44H,5,7,10-11,14,21,26-41,64H2,1-4H3,(H4-,65,74,75,76,77,78,79,80,81,82,83,84,85);;;. The van der Waals surface area contributed by atoms with Crippen molar-refractivity contribution in [2.45, 2.75) is 144 Å². The van der Waals surface area contributed by atoms with Crippen LogP contribution in [-0.2, 0) is 82.6 Å². The molecule has 1 unspecified atom stereocenters. The molecule has 5 aliphatic rings. The molecular formula is C63H80N10O21S6. The minimum absolute atomic E-state index is 0.0170. The molecule has 0 aliphatic carbocycles. The summed E-state index contributed by atoms with van der Waals surface area (Å²) >= 11 is 0. The first kappa shape index (κ1) is 79.3. The van der Waals surface area contributed by atoms with Crippen molar-refractivity contribution >= 4 is 131 Å². The summed E-state index contributed by atoms with van der Waals surface area (Å²) < 4.78 is 185. The lowest BCUT2D eigenvalue weighted by molar-refractivity contribution is -0.438. The number of hydrogen-bond donors (Lipinski definition) is 5. The summed E-state index contributed by atoms with van der Waals surface area (Å²) in [6, 6.07) is 16.8. The molecule has 1 atom stereocenters. The number of carboxylic acids is 1. The van der Waals surface area contributed by atoms with Crippen LogP contribution in [0.2, 0.25) is 0 Å². The first-order valence-electron chi connectivity index (χ1n) is 32.0. The molecule has 100 heavy (non-hydrogen) atoms. The van der Waals surface area contributed by atoms with Gasteiger partial charge in [-0.15, -0.1) is 37.9 Å². The van der Waals surface area contributed by atoms with Gasteiger partial charge in [0.1, 0.15) is 16.3 Å². The summed E-state index contributed by atoms with van der Waals surface area (Å²) in [6.45, 7) is 12.8. The number of piperidine rings is 3. The van der Waals surface area contributed by atoms with Crippen LogP contribution in [0.3, 0.4) is 0 Å². The number of unbranched alkanes of at least 4 members (excludes halogenated alkanes) is 2. The van der Waals surface area contributed by atoms with Gasteiger partial charge in [0.25, 0.3) is 20.2 Å². The first-order valence-corrected chi connectivity index (χ1v) is 39.5. The zero-order valence-corrected chi connectivity index (χ0v) is 60.1. The molecule has 10 rings (SSSR count). The number of nitrogens with one attached hydrogen (secondary N) is 1. The molecule has 1 amide bonds. The lowest BCUT2D eigenvalue weighted by Crippen LogP contribution is -2.46. The maximum Gasteiger partial charge on any atom is 0.425 e. The first-order chi connectivity index (χ1) is 47.0. The van der Waals surface area contributed by atoms with E-state index in [2.05, 4.69) is 45.4 Å². The lowest BCUT2D eigenvalue weighted by atomic mass is 9.76. The van der Waals surface area contributed by atoms with Crippen molar-refractivity contribution in [1.29, 1.82) is 0 Å². The molecule has 3 saturated heterocycles. The molecule has 5 aliphatic heterocycles. The van der Waals surface area contributed by atoms with Crippen LogP contribution in [0.15, 0.2) is 107 Å². The fraction of sp³-hybridized carbons (Fsp3) is 0.492. The Kier molecular flexibility index (Phi) is 27.1. The number of nitrogens with two attached hydrogens (primary N) is 1. The van der Waals surface area contributed by atoms with Gasteiger partial charge < -0.3 is 40.3 Å². The fourth-order valence-electron chi connectivity index (χ4n) is 13.9. The maximum absolute atomic E-state index is 13.5. The van der Waals surface area contributed by atoms with E-state index in [0.717, 1.165) is 79.1 Å². The lowest BCUT2D eigenvalue weighted by Gasteiger charge is -2.35. The van der Waals surface area contributed by atoms with Crippen molar-refractivity contribution in [1.82, 2.24) is 20.3 Å². The number of carbonyl (C=O) groups is 2. The third kappa shape index (κ3) is 20.4. The summed E-state index contributed by atoms with van der Waals surface area (Å²) in [7, 11) is -23.0. The molecule has 37 heteroatoms. The highest BCUT2D eigenvalue weighted by Crippen LogP contribution is 2.54. The van der Waals surface area contributed by atoms with Crippen molar-refractivity contribution in [3.05, 3.63) is 108 Å². The van der Waals surface area contributed by atoms with Gasteiger partial charge in [0, 0.05) is 122 Å². The van der Waals surface area contributed by atoms with E-state index in [1.807, 2.05) is 60.4 Å². The largest absolute Gasteiger partial charge is 0.748 e. The van der Waals surface area contributed by atoms with Gasteiger partial charge in [-0.3, -0.25) is 18.7 Å². The highest BCUT2D eigenvalue weighted by molar-refractivity contribution is 7.86. The van der Waals surface area contributed by atoms with Gasteiger partial charge >= 0.3 is 37.8 Å². The fourth-order valence-corrected chi connectivity index (χ4v) is 15.8. The second kappa shape index (κ2) is 34.1. The summed E-state index contributed by atoms with van der Waals surface area (Å²) in [5, 5.41) is 14.9. The molecule has 544 valence electrons. The van der Waals surface area contributed by atoms with Gasteiger partial charge in [0.15, 0.2) is 5.71 Å². The average molecular weight is 1510 g/mol. The summed E-state index contributed by atoms with van der Waals surface area (Å²) in [6.07, 6.45) is 17.7. The molecule has 6 N–H and O–H groups in total. The van der Waals surface area contributed by atoms with Gasteiger partial charge in [-0.05, 0) is 132 Å². The quantitative estimate of drug-likeness (QED) is 0.0260. The van der Waals surface area contributed by atoms with Gasteiger partial charge in [-0.1, -0.05) is 61.9 Å². The van der Waals surface area contributed by atoms with Crippen LogP contribution in [0.5, 0.6) is 0 Å². The van der Waals surface area contributed by atoms with Crippen molar-refractivity contribution in [2.75, 3.05) is 77.7 Å². The topological polar surface area (TPSA) is 467 Å². The summed E-state index contributed by atoms with van der Waals surface area (Å²) in [4.78, 5) is 47.9. The summed E-state index contributed by atoms with van der Waals surface area (Å²) in [5.74, 6) is -0.0336. The van der Waals surface area contributed by atoms with E-state index in [4.69, 9.17) is 58.6 Å². The van der Waals surface area contributed by atoms with Crippen LogP contribution in [-0.4, -0.2) is 189 Å². The number of fused-ring (bicyclic) bond motifs is 6. The molecule has 0 bridgehead atoms. The third-order valence-electron chi connectivity index (χ3n) is 18.3. The molecular weight excluding hydrogens is 1430 g/mol. The Morgan fingerprint density at radius 2 is 1.14 bits per heavy atom. The van der Waals surface area contributed by atoms with Gasteiger partial charge in [-0.25, -0.2) is 8.42 Å². The van der Waals surface area contributed by atoms with Gasteiger partial charge in [-0.2, -0.15) is 36.4 Å². The van der Waals surface area contributed by atoms with E-state index < -0.39 is 84.7 Å². The summed E-state index contributed by atoms with van der Waals surface area (Å²) in [5.41, 5.74) is 9.95. The van der Waals surface area contributed by atoms with Crippen molar-refractivity contribution in [3.63, 3.8) is 0 Å². The molecule has 5 aromatic rings. The minimum Gasteiger partial charge on any atom is -0.748 e. The van der Waals surface area contributed by atoms with Gasteiger partial charge in [0.05, 0.1) is 21.5 Å². The molecule has 4 aromatic carbocycles. The molecule has 6 heterocycles. The Hall–Kier alpha value is -8.01. The van der Waals surface area contributed by atoms with Crippen LogP contribution in [0.4, 0.5) is 29.2 Å². The zero-order chi connectivity index (χ0) is 73.7. The number of hydrogen-bond acceptors (Lipinski definition) is 26. The van der Waals surface area contributed by atoms with Crippen LogP contribution < -0.4 is 30.7 Å². The molecule has 0 spiro atoms. The predicted octanol–water partition coefficient (Wildman–Crippen LogP) is 5.12. The SMILES string of the molecule is CCCC1(C)C(=CC=CC=CC2=[N+](CCCCCC(=O)NC3CCN(c4nc(N5CCC(N)CC5)nc(N5CCC(C(=O)O)CC5)n4)CC3)c3ccc4c(S(=O)(=O)O)cccc4c3C2(C)C)N(CCCS(=O)(=O)[O-])c2ccc3c(S(=O)(=O)O)cccc3c21.O=S(=O)=O.O=S(=O)=O.O=S(=O)=O.